The molecule has 9 heteroatoms. The number of rotatable bonds is 4. The molecule has 1 fully saturated rings. The first-order valence-corrected chi connectivity index (χ1v) is 11.0. The van der Waals surface area contributed by atoms with Crippen molar-refractivity contribution in [3.8, 4) is 5.75 Å². The third-order valence-corrected chi connectivity index (χ3v) is 6.88. The fourth-order valence-corrected chi connectivity index (χ4v) is 5.13. The SMILES string of the molecule is CC1=NOC2(CCC(C)N3CC2n2cc(C(=O)O)c(=O)c(OCc4ccccc4)c2C3=O)C1. The van der Waals surface area contributed by atoms with Crippen LogP contribution in [0.5, 0.6) is 5.75 Å². The summed E-state index contributed by atoms with van der Waals surface area (Å²) >= 11 is 0. The van der Waals surface area contributed by atoms with E-state index in [0.717, 1.165) is 11.3 Å². The average Bonchev–Trinajstić information content (AvgIpc) is 3.13. The van der Waals surface area contributed by atoms with Crippen molar-refractivity contribution in [2.75, 3.05) is 6.54 Å². The molecule has 1 saturated heterocycles. The van der Waals surface area contributed by atoms with E-state index < -0.39 is 28.6 Å². The lowest BCUT2D eigenvalue weighted by Gasteiger charge is -2.42. The summed E-state index contributed by atoms with van der Waals surface area (Å²) in [5, 5.41) is 13.9. The number of pyridine rings is 1. The number of carboxylic acids is 1. The van der Waals surface area contributed by atoms with Gasteiger partial charge in [0.25, 0.3) is 5.91 Å². The predicted molar refractivity (Wildman–Crippen MR) is 119 cm³/mol. The monoisotopic (exact) mass is 451 g/mol. The number of fused-ring (bicyclic) bond motifs is 5. The molecule has 33 heavy (non-hydrogen) atoms. The van der Waals surface area contributed by atoms with Crippen LogP contribution < -0.4 is 10.2 Å². The van der Waals surface area contributed by atoms with Gasteiger partial charge < -0.3 is 24.1 Å². The van der Waals surface area contributed by atoms with Gasteiger partial charge in [-0.1, -0.05) is 35.5 Å². The highest BCUT2D eigenvalue weighted by molar-refractivity contribution is 5.98. The van der Waals surface area contributed by atoms with Crippen LogP contribution in [0.15, 0.2) is 46.5 Å². The molecule has 1 N–H and O–H groups in total. The Hall–Kier alpha value is -3.62. The highest BCUT2D eigenvalue weighted by atomic mass is 16.7. The van der Waals surface area contributed by atoms with Crippen LogP contribution in [0.2, 0.25) is 0 Å². The molecule has 0 aliphatic carbocycles. The molecule has 2 aromatic rings. The number of aromatic nitrogens is 1. The fourth-order valence-electron chi connectivity index (χ4n) is 5.13. The highest BCUT2D eigenvalue weighted by Crippen LogP contribution is 2.46. The highest BCUT2D eigenvalue weighted by Gasteiger charge is 2.53. The summed E-state index contributed by atoms with van der Waals surface area (Å²) in [6.45, 7) is 4.23. The smallest absolute Gasteiger partial charge is 0.341 e. The van der Waals surface area contributed by atoms with Crippen molar-refractivity contribution in [2.45, 2.75) is 57.4 Å². The maximum atomic E-state index is 13.6. The van der Waals surface area contributed by atoms with Crippen LogP contribution in [0.25, 0.3) is 0 Å². The zero-order valence-corrected chi connectivity index (χ0v) is 18.5. The predicted octanol–water partition coefficient (Wildman–Crippen LogP) is 2.84. The minimum absolute atomic E-state index is 0.0313. The van der Waals surface area contributed by atoms with Crippen LogP contribution in [0.1, 0.15) is 65.6 Å². The Labute approximate surface area is 190 Å². The maximum absolute atomic E-state index is 13.6. The van der Waals surface area contributed by atoms with E-state index in [4.69, 9.17) is 9.57 Å². The molecule has 3 unspecified atom stereocenters. The Morgan fingerprint density at radius 3 is 2.73 bits per heavy atom. The van der Waals surface area contributed by atoms with Crippen molar-refractivity contribution in [1.29, 1.82) is 0 Å². The molecule has 3 aliphatic heterocycles. The minimum atomic E-state index is -1.37. The third-order valence-electron chi connectivity index (χ3n) is 6.88. The maximum Gasteiger partial charge on any atom is 0.341 e. The Morgan fingerprint density at radius 1 is 1.30 bits per heavy atom. The topological polar surface area (TPSA) is 110 Å². The van der Waals surface area contributed by atoms with Gasteiger partial charge >= 0.3 is 5.97 Å². The van der Waals surface area contributed by atoms with Crippen LogP contribution in [-0.4, -0.2) is 50.3 Å². The second kappa shape index (κ2) is 7.75. The molecule has 2 bridgehead atoms. The van der Waals surface area contributed by atoms with Gasteiger partial charge in [-0.15, -0.1) is 0 Å². The fraction of sp³-hybridized carbons (Fsp3) is 0.417. The minimum Gasteiger partial charge on any atom is -0.483 e. The van der Waals surface area contributed by atoms with E-state index in [0.29, 0.717) is 25.8 Å². The molecule has 5 rings (SSSR count). The largest absolute Gasteiger partial charge is 0.483 e. The summed E-state index contributed by atoms with van der Waals surface area (Å²) in [6.07, 6.45) is 3.19. The molecule has 1 aromatic carbocycles. The molecule has 1 aromatic heterocycles. The molecule has 1 amide bonds. The summed E-state index contributed by atoms with van der Waals surface area (Å²) in [5.41, 5.74) is -0.256. The first-order chi connectivity index (χ1) is 15.8. The molecule has 4 heterocycles. The zero-order chi connectivity index (χ0) is 23.3. The molecule has 3 atom stereocenters. The summed E-state index contributed by atoms with van der Waals surface area (Å²) < 4.78 is 7.48. The van der Waals surface area contributed by atoms with Gasteiger partial charge in [-0.25, -0.2) is 4.79 Å². The Kier molecular flexibility index (Phi) is 4.99. The number of oxime groups is 1. The number of benzene rings is 1. The summed E-state index contributed by atoms with van der Waals surface area (Å²) in [5.74, 6) is -1.95. The van der Waals surface area contributed by atoms with Gasteiger partial charge in [-0.3, -0.25) is 9.59 Å². The number of carboxylic acid groups (broad SMARTS) is 1. The van der Waals surface area contributed by atoms with Crippen molar-refractivity contribution in [1.82, 2.24) is 9.47 Å². The van der Waals surface area contributed by atoms with Crippen LogP contribution >= 0.6 is 0 Å². The van der Waals surface area contributed by atoms with Gasteiger partial charge in [-0.05, 0) is 32.3 Å². The number of ether oxygens (including phenoxy) is 1. The van der Waals surface area contributed by atoms with Gasteiger partial charge in [0.1, 0.15) is 12.2 Å². The van der Waals surface area contributed by atoms with Crippen molar-refractivity contribution in [3.05, 3.63) is 63.6 Å². The van der Waals surface area contributed by atoms with E-state index in [1.807, 2.05) is 44.2 Å². The first-order valence-electron chi connectivity index (χ1n) is 11.0. The van der Waals surface area contributed by atoms with Gasteiger partial charge in [0.2, 0.25) is 5.43 Å². The number of hydrogen-bond donors (Lipinski definition) is 1. The number of carbonyl (C=O) groups is 2. The molecule has 0 radical (unpaired) electrons. The van der Waals surface area contributed by atoms with Crippen molar-refractivity contribution < 1.29 is 24.3 Å². The second-order valence-electron chi connectivity index (χ2n) is 9.06. The van der Waals surface area contributed by atoms with Gasteiger partial charge in [0, 0.05) is 25.2 Å². The Bertz CT molecular complexity index is 1220. The number of amides is 1. The average molecular weight is 451 g/mol. The van der Waals surface area contributed by atoms with Gasteiger partial charge in [0.05, 0.1) is 11.8 Å². The lowest BCUT2D eigenvalue weighted by molar-refractivity contribution is -0.0656. The number of hydrogen-bond acceptors (Lipinski definition) is 6. The standard InChI is InChI=1S/C24H25N3O6/c1-14-10-24(33-25-14)9-8-15(2)26-12-18(24)27-11-17(23(30)31)20(28)21(19(27)22(26)29)32-13-16-6-4-3-5-7-16/h3-7,11,15,18H,8-10,12-13H2,1-2H3,(H,30,31). The van der Waals surface area contributed by atoms with E-state index in [1.54, 1.807) is 9.47 Å². The van der Waals surface area contributed by atoms with Crippen LogP contribution in [0.3, 0.4) is 0 Å². The zero-order valence-electron chi connectivity index (χ0n) is 18.5. The van der Waals surface area contributed by atoms with E-state index in [9.17, 15) is 19.5 Å². The van der Waals surface area contributed by atoms with Crippen molar-refractivity contribution in [3.63, 3.8) is 0 Å². The third kappa shape index (κ3) is 3.39. The normalized spacial score (nSPS) is 25.8. The van der Waals surface area contributed by atoms with Gasteiger partial charge in [-0.2, -0.15) is 0 Å². The lowest BCUT2D eigenvalue weighted by atomic mass is 9.84. The molecule has 1 spiro atoms. The van der Waals surface area contributed by atoms with Crippen LogP contribution in [0, 0.1) is 0 Å². The summed E-state index contributed by atoms with van der Waals surface area (Å²) in [6, 6.07) is 8.72. The molecule has 9 nitrogen and oxygen atoms in total. The molecule has 172 valence electrons. The van der Waals surface area contributed by atoms with E-state index >= 15 is 0 Å². The van der Waals surface area contributed by atoms with E-state index in [1.165, 1.54) is 6.20 Å². The Morgan fingerprint density at radius 2 is 2.06 bits per heavy atom. The van der Waals surface area contributed by atoms with Crippen molar-refractivity contribution in [2.24, 2.45) is 5.16 Å². The first kappa shape index (κ1) is 21.2. The quantitative estimate of drug-likeness (QED) is 0.765. The lowest BCUT2D eigenvalue weighted by Crippen LogP contribution is -2.52. The van der Waals surface area contributed by atoms with Gasteiger partial charge in [0.15, 0.2) is 17.0 Å². The molecular formula is C24H25N3O6. The van der Waals surface area contributed by atoms with E-state index in [2.05, 4.69) is 5.16 Å². The van der Waals surface area contributed by atoms with E-state index in [-0.39, 0.29) is 30.0 Å². The number of carbonyl (C=O) groups excluding carboxylic acids is 1. The molecule has 3 aliphatic rings. The van der Waals surface area contributed by atoms with Crippen LogP contribution in [-0.2, 0) is 11.4 Å². The van der Waals surface area contributed by atoms with Crippen molar-refractivity contribution >= 4 is 17.6 Å². The van der Waals surface area contributed by atoms with Crippen LogP contribution in [0.4, 0.5) is 0 Å². The number of aromatic carboxylic acids is 1. The second-order valence-corrected chi connectivity index (χ2v) is 9.06. The number of nitrogens with zero attached hydrogens (tertiary/aromatic N) is 3. The Balaban J connectivity index is 1.69. The molecule has 0 saturated carbocycles. The summed E-state index contributed by atoms with van der Waals surface area (Å²) in [7, 11) is 0. The molecular weight excluding hydrogens is 426 g/mol. The summed E-state index contributed by atoms with van der Waals surface area (Å²) in [4.78, 5) is 46.4.